The summed E-state index contributed by atoms with van der Waals surface area (Å²) < 4.78 is 0. The van der Waals surface area contributed by atoms with Gasteiger partial charge >= 0.3 is 0 Å². The Bertz CT molecular complexity index is 189. The van der Waals surface area contributed by atoms with E-state index in [1.807, 2.05) is 0 Å². The highest BCUT2D eigenvalue weighted by atomic mass is 16.2. The molecule has 0 saturated carbocycles. The number of hydrogen-bond donors (Lipinski definition) is 1. The molecule has 0 bridgehead atoms. The van der Waals surface area contributed by atoms with Gasteiger partial charge in [0.05, 0.1) is 0 Å². The summed E-state index contributed by atoms with van der Waals surface area (Å²) in [4.78, 5) is 22.6. The number of hydrogen-bond acceptors (Lipinski definition) is 2. The summed E-state index contributed by atoms with van der Waals surface area (Å²) in [6.45, 7) is 4.84. The quantitative estimate of drug-likeness (QED) is 0.560. The van der Waals surface area contributed by atoms with Gasteiger partial charge < -0.3 is 10.6 Å². The first kappa shape index (κ1) is 9.68. The molecule has 0 saturated heterocycles. The van der Waals surface area contributed by atoms with Gasteiger partial charge in [0.2, 0.25) is 11.8 Å². The van der Waals surface area contributed by atoms with E-state index in [0.29, 0.717) is 0 Å². The molecular weight excluding hydrogens is 144 g/mol. The molecule has 0 aliphatic carbocycles. The summed E-state index contributed by atoms with van der Waals surface area (Å²) >= 11 is 0. The van der Waals surface area contributed by atoms with Crippen LogP contribution in [0.2, 0.25) is 0 Å². The number of primary amides is 1. The summed E-state index contributed by atoms with van der Waals surface area (Å²) in [5.41, 5.74) is 4.96. The molecule has 0 fully saturated rings. The average Bonchev–Trinajstić information content (AvgIpc) is 2.00. The topological polar surface area (TPSA) is 63.4 Å². The summed E-state index contributed by atoms with van der Waals surface area (Å²) in [7, 11) is 1.50. The Kier molecular flexibility index (Phi) is 3.30. The maximum Gasteiger partial charge on any atom is 0.246 e. The van der Waals surface area contributed by atoms with Crippen molar-refractivity contribution < 1.29 is 9.59 Å². The Labute approximate surface area is 65.7 Å². The smallest absolute Gasteiger partial charge is 0.246 e. The van der Waals surface area contributed by atoms with Crippen LogP contribution >= 0.6 is 0 Å². The largest absolute Gasteiger partial charge is 0.368 e. The number of rotatable bonds is 3. The van der Waals surface area contributed by atoms with Crippen LogP contribution in [-0.4, -0.2) is 29.8 Å². The first-order valence-electron chi connectivity index (χ1n) is 3.19. The third-order valence-corrected chi connectivity index (χ3v) is 1.51. The fourth-order valence-corrected chi connectivity index (χ4v) is 0.526. The van der Waals surface area contributed by atoms with Gasteiger partial charge in [-0.25, -0.2) is 0 Å². The molecule has 0 aromatic carbocycles. The number of nitrogens with zero attached hydrogens (tertiary/aromatic N) is 1. The number of carbonyl (C=O) groups is 2. The predicted molar refractivity (Wildman–Crippen MR) is 41.6 cm³/mol. The van der Waals surface area contributed by atoms with Crippen LogP contribution in [0.5, 0.6) is 0 Å². The summed E-state index contributed by atoms with van der Waals surface area (Å²) in [6, 6.07) is -0.583. The first-order valence-corrected chi connectivity index (χ1v) is 3.19. The van der Waals surface area contributed by atoms with Crippen molar-refractivity contribution in [2.24, 2.45) is 5.73 Å². The van der Waals surface area contributed by atoms with Gasteiger partial charge in [-0.15, -0.1) is 0 Å². The number of amides is 2. The van der Waals surface area contributed by atoms with Crippen LogP contribution in [0.4, 0.5) is 0 Å². The van der Waals surface area contributed by atoms with Crippen molar-refractivity contribution in [3.8, 4) is 0 Å². The Hall–Kier alpha value is -1.32. The fraction of sp³-hybridized carbons (Fsp3) is 0.429. The summed E-state index contributed by atoms with van der Waals surface area (Å²) in [6.07, 6.45) is 1.14. The first-order chi connectivity index (χ1) is 5.00. The Balaban J connectivity index is 4.23. The number of carbonyl (C=O) groups excluding carboxylic acids is 2. The Morgan fingerprint density at radius 3 is 2.36 bits per heavy atom. The van der Waals surface area contributed by atoms with Gasteiger partial charge in [-0.1, -0.05) is 6.58 Å². The van der Waals surface area contributed by atoms with Gasteiger partial charge in [-0.2, -0.15) is 0 Å². The fourth-order valence-electron chi connectivity index (χ4n) is 0.526. The third kappa shape index (κ3) is 2.41. The van der Waals surface area contributed by atoms with E-state index in [0.717, 1.165) is 6.08 Å². The van der Waals surface area contributed by atoms with E-state index in [1.165, 1.54) is 11.9 Å². The molecule has 0 rings (SSSR count). The molecule has 0 heterocycles. The number of likely N-dealkylation sites (N-methyl/N-ethyl adjacent to an activating group) is 1. The Morgan fingerprint density at radius 1 is 1.64 bits per heavy atom. The molecule has 0 spiro atoms. The van der Waals surface area contributed by atoms with Crippen LogP contribution in [0.1, 0.15) is 6.92 Å². The van der Waals surface area contributed by atoms with E-state index in [1.54, 1.807) is 6.92 Å². The summed E-state index contributed by atoms with van der Waals surface area (Å²) in [5.74, 6) is -0.834. The van der Waals surface area contributed by atoms with Gasteiger partial charge in [-0.3, -0.25) is 9.59 Å². The van der Waals surface area contributed by atoms with Crippen molar-refractivity contribution in [2.45, 2.75) is 13.0 Å². The van der Waals surface area contributed by atoms with Gasteiger partial charge in [0.1, 0.15) is 6.04 Å². The van der Waals surface area contributed by atoms with E-state index in [4.69, 9.17) is 5.73 Å². The van der Waals surface area contributed by atoms with Crippen molar-refractivity contribution in [1.82, 2.24) is 4.90 Å². The van der Waals surface area contributed by atoms with Crippen molar-refractivity contribution >= 4 is 11.8 Å². The van der Waals surface area contributed by atoms with Gasteiger partial charge in [0.25, 0.3) is 0 Å². The molecule has 0 aromatic heterocycles. The van der Waals surface area contributed by atoms with Crippen molar-refractivity contribution in [3.63, 3.8) is 0 Å². The Morgan fingerprint density at radius 2 is 2.09 bits per heavy atom. The minimum atomic E-state index is -0.583. The molecule has 2 amide bonds. The second kappa shape index (κ2) is 3.75. The molecule has 1 atom stereocenters. The third-order valence-electron chi connectivity index (χ3n) is 1.51. The highest BCUT2D eigenvalue weighted by Gasteiger charge is 2.17. The van der Waals surface area contributed by atoms with E-state index in [2.05, 4.69) is 6.58 Å². The van der Waals surface area contributed by atoms with Crippen molar-refractivity contribution in [1.29, 1.82) is 0 Å². The van der Waals surface area contributed by atoms with Crippen LogP contribution in [0.3, 0.4) is 0 Å². The highest BCUT2D eigenvalue weighted by Crippen LogP contribution is 1.94. The minimum absolute atomic E-state index is 0.309. The lowest BCUT2D eigenvalue weighted by molar-refractivity contribution is -0.133. The van der Waals surface area contributed by atoms with Crippen LogP contribution in [0.15, 0.2) is 12.7 Å². The van der Waals surface area contributed by atoms with Gasteiger partial charge in [0, 0.05) is 7.05 Å². The minimum Gasteiger partial charge on any atom is -0.368 e. The van der Waals surface area contributed by atoms with E-state index < -0.39 is 11.9 Å². The second-order valence-electron chi connectivity index (χ2n) is 2.23. The van der Waals surface area contributed by atoms with Crippen LogP contribution in [0.25, 0.3) is 0 Å². The van der Waals surface area contributed by atoms with E-state index in [9.17, 15) is 9.59 Å². The zero-order chi connectivity index (χ0) is 9.02. The zero-order valence-corrected chi connectivity index (χ0v) is 6.70. The van der Waals surface area contributed by atoms with Crippen LogP contribution in [-0.2, 0) is 9.59 Å². The molecular formula is C7H12N2O2. The molecule has 11 heavy (non-hydrogen) atoms. The van der Waals surface area contributed by atoms with E-state index >= 15 is 0 Å². The highest BCUT2D eigenvalue weighted by molar-refractivity contribution is 5.91. The molecule has 0 aliphatic rings. The van der Waals surface area contributed by atoms with Gasteiger partial charge in [-0.05, 0) is 13.0 Å². The molecule has 2 N–H and O–H groups in total. The molecule has 0 radical (unpaired) electrons. The second-order valence-corrected chi connectivity index (χ2v) is 2.23. The molecule has 0 aromatic rings. The summed E-state index contributed by atoms with van der Waals surface area (Å²) in [5, 5.41) is 0. The standard InChI is InChI=1S/C7H12N2O2/c1-4-6(10)9(3)5(2)7(8)11/h4-5H,1H2,2-3H3,(H2,8,11). The lowest BCUT2D eigenvalue weighted by atomic mass is 10.3. The lowest BCUT2D eigenvalue weighted by Crippen LogP contribution is -2.42. The maximum absolute atomic E-state index is 10.9. The molecule has 62 valence electrons. The van der Waals surface area contributed by atoms with Crippen LogP contribution in [0, 0.1) is 0 Å². The normalized spacial score (nSPS) is 11.8. The molecule has 1 unspecified atom stereocenters. The average molecular weight is 156 g/mol. The van der Waals surface area contributed by atoms with E-state index in [-0.39, 0.29) is 5.91 Å². The van der Waals surface area contributed by atoms with Crippen molar-refractivity contribution in [3.05, 3.63) is 12.7 Å². The monoisotopic (exact) mass is 156 g/mol. The predicted octanol–water partition coefficient (Wildman–Crippen LogP) is -0.495. The molecule has 0 aliphatic heterocycles. The van der Waals surface area contributed by atoms with Crippen molar-refractivity contribution in [2.75, 3.05) is 7.05 Å². The number of nitrogens with two attached hydrogens (primary N) is 1. The molecule has 4 nitrogen and oxygen atoms in total. The maximum atomic E-state index is 10.9. The SMILES string of the molecule is C=CC(=O)N(C)C(C)C(N)=O. The van der Waals surface area contributed by atoms with Gasteiger partial charge in [0.15, 0.2) is 0 Å². The lowest BCUT2D eigenvalue weighted by Gasteiger charge is -2.20. The molecule has 4 heteroatoms. The van der Waals surface area contributed by atoms with Crippen LogP contribution < -0.4 is 5.73 Å². The zero-order valence-electron chi connectivity index (χ0n) is 6.70.